The van der Waals surface area contributed by atoms with E-state index in [0.29, 0.717) is 18.4 Å². The molecule has 2 aromatic rings. The van der Waals surface area contributed by atoms with Crippen molar-refractivity contribution in [3.8, 4) is 5.75 Å². The van der Waals surface area contributed by atoms with Gasteiger partial charge in [0.15, 0.2) is 0 Å². The van der Waals surface area contributed by atoms with E-state index < -0.39 is 13.3 Å². The molecule has 0 N–H and O–H groups in total. The molecule has 2 atom stereocenters. The zero-order chi connectivity index (χ0) is 19.3. The minimum Gasteiger partial charge on any atom is -0.496 e. The van der Waals surface area contributed by atoms with Gasteiger partial charge in [-0.2, -0.15) is 4.49 Å². The molecule has 1 aliphatic heterocycles. The van der Waals surface area contributed by atoms with E-state index in [1.807, 2.05) is 26.0 Å². The lowest BCUT2D eigenvalue weighted by atomic mass is 10.1. The first-order valence-corrected chi connectivity index (χ1v) is 10.5. The number of nitrogens with zero attached hydrogens (tertiary/aromatic N) is 2. The van der Waals surface area contributed by atoms with E-state index in [1.165, 1.54) is 5.12 Å². The Bertz CT molecular complexity index is 824. The molecule has 5 nitrogen and oxygen atoms in total. The van der Waals surface area contributed by atoms with Crippen LogP contribution in [-0.4, -0.2) is 35.8 Å². The number of hydrogen-bond donors (Lipinski definition) is 0. The first kappa shape index (κ1) is 19.2. The monoisotopic (exact) mass is 378 g/mol. The molecule has 1 aliphatic rings. The molecular formula is C20H31N2O3P. The van der Waals surface area contributed by atoms with Crippen molar-refractivity contribution in [2.24, 2.45) is 10.9 Å². The number of methoxy groups -OCH3 is 1. The Labute approximate surface area is 157 Å². The summed E-state index contributed by atoms with van der Waals surface area (Å²) in [6, 6.07) is 6.34. The Hall–Kier alpha value is -1.61. The van der Waals surface area contributed by atoms with E-state index in [2.05, 4.69) is 45.2 Å². The number of fused-ring (bicyclic) bond motifs is 1. The number of aliphatic imine (C=N–C) groups is 1. The van der Waals surface area contributed by atoms with Crippen LogP contribution in [0.15, 0.2) is 23.2 Å². The highest BCUT2D eigenvalue weighted by molar-refractivity contribution is 7.55. The van der Waals surface area contributed by atoms with Crippen molar-refractivity contribution in [1.82, 2.24) is 4.49 Å². The molecule has 0 fully saturated rings. The van der Waals surface area contributed by atoms with Crippen LogP contribution in [0, 0.1) is 5.92 Å². The molecule has 2 heterocycles. The first-order valence-electron chi connectivity index (χ1n) is 9.23. The Morgan fingerprint density at radius 1 is 1.23 bits per heavy atom. The third kappa shape index (κ3) is 3.22. The molecule has 0 spiro atoms. The summed E-state index contributed by atoms with van der Waals surface area (Å²) in [5.41, 5.74) is 0.466. The molecule has 1 aromatic heterocycles. The normalized spacial score (nSPS) is 19.0. The second-order valence-electron chi connectivity index (χ2n) is 8.74. The maximum atomic E-state index is 6.50. The van der Waals surface area contributed by atoms with Crippen molar-refractivity contribution in [3.05, 3.63) is 18.2 Å². The summed E-state index contributed by atoms with van der Waals surface area (Å²) < 4.78 is 13.6. The van der Waals surface area contributed by atoms with Crippen molar-refractivity contribution in [1.29, 1.82) is 0 Å². The van der Waals surface area contributed by atoms with Crippen LogP contribution in [0.1, 0.15) is 48.5 Å². The van der Waals surface area contributed by atoms with Gasteiger partial charge < -0.3 is 14.3 Å². The molecule has 144 valence electrons. The summed E-state index contributed by atoms with van der Waals surface area (Å²) in [5.74, 6) is 2.09. The van der Waals surface area contributed by atoms with Crippen LogP contribution in [0.3, 0.4) is 0 Å². The highest BCUT2D eigenvalue weighted by atomic mass is 31.1. The fourth-order valence-corrected chi connectivity index (χ4v) is 5.89. The molecule has 0 amide bonds. The standard InChI is InChI=1S/C20H31N2O3P/c1-13(2)14-12-24-18(21-14)20(6,7)25-22-15-10-9-11-16(23-8)17(15)26(22)19(3,4)5/h9-11,13-14H,12H2,1-8H3. The number of ether oxygens (including phenoxy) is 2. The number of benzene rings is 1. The Balaban J connectivity index is 2.00. The van der Waals surface area contributed by atoms with Gasteiger partial charge in [0.05, 0.1) is 23.8 Å². The van der Waals surface area contributed by atoms with Crippen LogP contribution in [-0.2, 0) is 9.89 Å². The average molecular weight is 378 g/mol. The van der Waals surface area contributed by atoms with Gasteiger partial charge in [0.2, 0.25) is 11.5 Å². The summed E-state index contributed by atoms with van der Waals surface area (Å²) in [6.45, 7) is 15.8. The van der Waals surface area contributed by atoms with Gasteiger partial charge in [-0.15, -0.1) is 0 Å². The van der Waals surface area contributed by atoms with Gasteiger partial charge in [0.1, 0.15) is 12.4 Å². The number of hydrogen-bond acceptors (Lipinski definition) is 4. The first-order chi connectivity index (χ1) is 12.1. The van der Waals surface area contributed by atoms with E-state index in [1.54, 1.807) is 7.11 Å². The summed E-state index contributed by atoms with van der Waals surface area (Å²) in [6.07, 6.45) is 0. The summed E-state index contributed by atoms with van der Waals surface area (Å²) >= 11 is 0. The largest absolute Gasteiger partial charge is 0.496 e. The van der Waals surface area contributed by atoms with Gasteiger partial charge in [0.25, 0.3) is 0 Å². The minimum atomic E-state index is -0.671. The molecule has 3 rings (SSSR count). The fourth-order valence-electron chi connectivity index (χ4n) is 3.21. The van der Waals surface area contributed by atoms with Crippen molar-refractivity contribution in [2.75, 3.05) is 13.7 Å². The predicted octanol–water partition coefficient (Wildman–Crippen LogP) is 5.05. The number of rotatable bonds is 5. The maximum Gasteiger partial charge on any atom is 0.231 e. The van der Waals surface area contributed by atoms with Crippen LogP contribution in [0.25, 0.3) is 10.6 Å². The Morgan fingerprint density at radius 2 is 1.92 bits per heavy atom. The summed E-state index contributed by atoms with van der Waals surface area (Å²) in [7, 11) is 1.06. The van der Waals surface area contributed by atoms with Gasteiger partial charge in [-0.05, 0) is 31.9 Å². The quantitative estimate of drug-likeness (QED) is 0.731. The molecule has 0 radical (unpaired) electrons. The molecule has 0 bridgehead atoms. The minimum absolute atomic E-state index is 0.0614. The zero-order valence-corrected chi connectivity index (χ0v) is 18.1. The van der Waals surface area contributed by atoms with Gasteiger partial charge in [-0.3, -0.25) is 0 Å². The van der Waals surface area contributed by atoms with E-state index in [4.69, 9.17) is 19.3 Å². The zero-order valence-electron chi connectivity index (χ0n) is 17.2. The average Bonchev–Trinajstić information content (AvgIpc) is 3.02. The van der Waals surface area contributed by atoms with Crippen LogP contribution < -0.4 is 9.57 Å². The van der Waals surface area contributed by atoms with E-state index in [0.717, 1.165) is 11.3 Å². The van der Waals surface area contributed by atoms with Crippen molar-refractivity contribution >= 4 is 24.2 Å². The lowest BCUT2D eigenvalue weighted by molar-refractivity contribution is 0.0258. The van der Waals surface area contributed by atoms with Crippen LogP contribution in [0.5, 0.6) is 5.75 Å². The number of aromatic nitrogens is 1. The SMILES string of the molecule is COc1cccc2c1p(C(C)(C)C)n2OC(C)(C)C1=NC(C(C)C)CO1. The van der Waals surface area contributed by atoms with E-state index in [-0.39, 0.29) is 11.2 Å². The summed E-state index contributed by atoms with van der Waals surface area (Å²) in [4.78, 5) is 11.3. The van der Waals surface area contributed by atoms with Crippen molar-refractivity contribution in [2.45, 2.75) is 65.3 Å². The smallest absolute Gasteiger partial charge is 0.231 e. The molecular weight excluding hydrogens is 347 g/mol. The van der Waals surface area contributed by atoms with E-state index in [9.17, 15) is 0 Å². The topological polar surface area (TPSA) is 45.0 Å². The Kier molecular flexibility index (Phi) is 4.81. The highest BCUT2D eigenvalue weighted by Crippen LogP contribution is 2.57. The van der Waals surface area contributed by atoms with Crippen LogP contribution in [0.4, 0.5) is 0 Å². The van der Waals surface area contributed by atoms with Gasteiger partial charge in [0, 0.05) is 12.8 Å². The predicted molar refractivity (Wildman–Crippen MR) is 109 cm³/mol. The molecule has 0 saturated heterocycles. The molecule has 1 aromatic carbocycles. The lowest BCUT2D eigenvalue weighted by Crippen LogP contribution is -2.44. The maximum absolute atomic E-state index is 6.50. The molecule has 2 unspecified atom stereocenters. The molecule has 26 heavy (non-hydrogen) atoms. The molecule has 0 saturated carbocycles. The third-order valence-electron chi connectivity index (χ3n) is 4.71. The second kappa shape index (κ2) is 6.53. The molecule has 6 heteroatoms. The molecule has 0 aliphatic carbocycles. The lowest BCUT2D eigenvalue weighted by Gasteiger charge is -2.37. The van der Waals surface area contributed by atoms with Crippen molar-refractivity contribution < 1.29 is 14.3 Å². The van der Waals surface area contributed by atoms with Crippen LogP contribution in [0.2, 0.25) is 0 Å². The van der Waals surface area contributed by atoms with Gasteiger partial charge in [-0.25, -0.2) is 4.99 Å². The third-order valence-corrected chi connectivity index (χ3v) is 7.51. The van der Waals surface area contributed by atoms with Gasteiger partial charge >= 0.3 is 0 Å². The summed E-state index contributed by atoms with van der Waals surface area (Å²) in [5, 5.41) is 1.33. The van der Waals surface area contributed by atoms with E-state index >= 15 is 0 Å². The fraction of sp³-hybridized carbons (Fsp3) is 0.650. The Morgan fingerprint density at radius 3 is 2.46 bits per heavy atom. The van der Waals surface area contributed by atoms with Crippen LogP contribution >= 0.6 is 7.69 Å². The van der Waals surface area contributed by atoms with Crippen molar-refractivity contribution in [3.63, 3.8) is 0 Å². The highest BCUT2D eigenvalue weighted by Gasteiger charge is 2.39. The second-order valence-corrected chi connectivity index (χ2v) is 11.5. The van der Waals surface area contributed by atoms with Gasteiger partial charge in [-0.1, -0.05) is 40.7 Å².